The summed E-state index contributed by atoms with van der Waals surface area (Å²) in [6.45, 7) is 3.62. The Bertz CT molecular complexity index is 511. The first-order chi connectivity index (χ1) is 9.23. The van der Waals surface area contributed by atoms with Crippen LogP contribution in [0.25, 0.3) is 0 Å². The van der Waals surface area contributed by atoms with Crippen LogP contribution in [0.2, 0.25) is 0 Å². The van der Waals surface area contributed by atoms with Gasteiger partial charge in [0.25, 0.3) is 0 Å². The molecule has 1 aromatic heterocycles. The Labute approximate surface area is 113 Å². The number of hydrogen-bond acceptors (Lipinski definition) is 4. The number of hydrogen-bond donors (Lipinski definition) is 0. The minimum Gasteiger partial charge on any atom is -0.381 e. The van der Waals surface area contributed by atoms with Crippen LogP contribution in [0.1, 0.15) is 55.2 Å². The summed E-state index contributed by atoms with van der Waals surface area (Å²) in [6, 6.07) is 4.51. The first-order valence-corrected chi connectivity index (χ1v) is 7.09. The van der Waals surface area contributed by atoms with E-state index in [9.17, 15) is 5.26 Å². The molecular formula is C15H19N3O. The molecule has 100 valence electrons. The maximum atomic E-state index is 9.43. The summed E-state index contributed by atoms with van der Waals surface area (Å²) in [6.07, 6.45) is 4.96. The molecule has 1 aliphatic heterocycles. The zero-order valence-electron chi connectivity index (χ0n) is 11.4. The van der Waals surface area contributed by atoms with Crippen molar-refractivity contribution in [3.05, 3.63) is 23.3 Å². The lowest BCUT2D eigenvalue weighted by Crippen LogP contribution is -2.35. The molecule has 1 saturated heterocycles. The maximum Gasteiger partial charge on any atom is 0.149 e. The number of ether oxygens (including phenoxy) is 1. The predicted molar refractivity (Wildman–Crippen MR) is 70.7 cm³/mol. The first-order valence-electron chi connectivity index (χ1n) is 7.09. The first kappa shape index (κ1) is 12.6. The molecule has 0 radical (unpaired) electrons. The highest BCUT2D eigenvalue weighted by Crippen LogP contribution is 2.42. The fraction of sp³-hybridized carbons (Fsp3) is 0.667. The molecule has 0 unspecified atom stereocenters. The van der Waals surface area contributed by atoms with Crippen LogP contribution in [0.15, 0.2) is 6.07 Å². The summed E-state index contributed by atoms with van der Waals surface area (Å²) >= 11 is 0. The lowest BCUT2D eigenvalue weighted by atomic mass is 9.69. The largest absolute Gasteiger partial charge is 0.381 e. The molecular weight excluding hydrogens is 238 g/mol. The quantitative estimate of drug-likeness (QED) is 0.817. The molecule has 0 N–H and O–H groups in total. The van der Waals surface area contributed by atoms with Crippen molar-refractivity contribution in [2.24, 2.45) is 0 Å². The van der Waals surface area contributed by atoms with E-state index in [2.05, 4.69) is 17.1 Å². The van der Waals surface area contributed by atoms with Crippen molar-refractivity contribution in [1.29, 1.82) is 5.26 Å². The van der Waals surface area contributed by atoms with E-state index in [-0.39, 0.29) is 0 Å². The minimum atomic E-state index is -0.411. The summed E-state index contributed by atoms with van der Waals surface area (Å²) in [5.74, 6) is 1.22. The predicted octanol–water partition coefficient (Wildman–Crippen LogP) is 2.62. The number of rotatable bonds is 2. The summed E-state index contributed by atoms with van der Waals surface area (Å²) in [4.78, 5) is 9.26. The van der Waals surface area contributed by atoms with Crippen LogP contribution in [0.3, 0.4) is 0 Å². The molecule has 2 fully saturated rings. The Morgan fingerprint density at radius 1 is 1.32 bits per heavy atom. The lowest BCUT2D eigenvalue weighted by Gasteiger charge is -2.34. The molecule has 4 heteroatoms. The van der Waals surface area contributed by atoms with E-state index in [4.69, 9.17) is 9.72 Å². The van der Waals surface area contributed by atoms with Gasteiger partial charge in [0.05, 0.1) is 6.07 Å². The fourth-order valence-corrected chi connectivity index (χ4v) is 2.93. The summed E-state index contributed by atoms with van der Waals surface area (Å²) in [5.41, 5.74) is 1.67. The van der Waals surface area contributed by atoms with Gasteiger partial charge in [-0.3, -0.25) is 0 Å². The molecule has 0 amide bonds. The van der Waals surface area contributed by atoms with Crippen LogP contribution in [0.5, 0.6) is 0 Å². The second-order valence-corrected chi connectivity index (χ2v) is 5.69. The highest BCUT2D eigenvalue weighted by molar-refractivity contribution is 5.28. The Morgan fingerprint density at radius 2 is 2.05 bits per heavy atom. The molecule has 1 saturated carbocycles. The zero-order valence-corrected chi connectivity index (χ0v) is 11.4. The van der Waals surface area contributed by atoms with Gasteiger partial charge >= 0.3 is 0 Å². The molecule has 1 aromatic rings. The third-order valence-electron chi connectivity index (χ3n) is 4.36. The van der Waals surface area contributed by atoms with Crippen LogP contribution in [0.4, 0.5) is 0 Å². The van der Waals surface area contributed by atoms with Gasteiger partial charge in [0.15, 0.2) is 0 Å². The molecule has 3 rings (SSSR count). The molecule has 0 bridgehead atoms. The SMILES string of the molecule is Cc1cc(C2CCOCC2)nc(C2(C#N)CCC2)n1. The Balaban J connectivity index is 1.94. The second-order valence-electron chi connectivity index (χ2n) is 5.69. The van der Waals surface area contributed by atoms with E-state index in [1.54, 1.807) is 0 Å². The van der Waals surface area contributed by atoms with Crippen LogP contribution in [0, 0.1) is 18.3 Å². The van der Waals surface area contributed by atoms with Gasteiger partial charge in [-0.25, -0.2) is 9.97 Å². The van der Waals surface area contributed by atoms with Crippen LogP contribution >= 0.6 is 0 Å². The van der Waals surface area contributed by atoms with E-state index in [0.717, 1.165) is 62.5 Å². The number of nitriles is 1. The molecule has 19 heavy (non-hydrogen) atoms. The third kappa shape index (κ3) is 2.23. The monoisotopic (exact) mass is 257 g/mol. The number of nitrogens with zero attached hydrogens (tertiary/aromatic N) is 3. The van der Waals surface area contributed by atoms with Crippen molar-refractivity contribution >= 4 is 0 Å². The fourth-order valence-electron chi connectivity index (χ4n) is 2.93. The van der Waals surface area contributed by atoms with Gasteiger partial charge in [-0.2, -0.15) is 5.26 Å². The molecule has 2 heterocycles. The van der Waals surface area contributed by atoms with E-state index in [1.807, 2.05) is 6.92 Å². The van der Waals surface area contributed by atoms with Crippen molar-refractivity contribution in [1.82, 2.24) is 9.97 Å². The van der Waals surface area contributed by atoms with Crippen molar-refractivity contribution in [2.75, 3.05) is 13.2 Å². The van der Waals surface area contributed by atoms with E-state index < -0.39 is 5.41 Å². The molecule has 4 nitrogen and oxygen atoms in total. The molecule has 0 spiro atoms. The molecule has 0 atom stereocenters. The van der Waals surface area contributed by atoms with Crippen molar-refractivity contribution in [3.63, 3.8) is 0 Å². The van der Waals surface area contributed by atoms with Gasteiger partial charge < -0.3 is 4.74 Å². The topological polar surface area (TPSA) is 58.8 Å². The van der Waals surface area contributed by atoms with Crippen molar-refractivity contribution < 1.29 is 4.74 Å². The van der Waals surface area contributed by atoms with Crippen molar-refractivity contribution in [2.45, 2.75) is 50.4 Å². The van der Waals surface area contributed by atoms with Crippen LogP contribution in [-0.2, 0) is 10.2 Å². The van der Waals surface area contributed by atoms with Gasteiger partial charge in [0.2, 0.25) is 0 Å². The molecule has 2 aliphatic rings. The average molecular weight is 257 g/mol. The van der Waals surface area contributed by atoms with Gasteiger partial charge in [0, 0.05) is 30.5 Å². The normalized spacial score (nSPS) is 22.5. The van der Waals surface area contributed by atoms with Crippen molar-refractivity contribution in [3.8, 4) is 6.07 Å². The minimum absolute atomic E-state index is 0.411. The maximum absolute atomic E-state index is 9.43. The van der Waals surface area contributed by atoms with Gasteiger partial charge in [0.1, 0.15) is 11.2 Å². The Kier molecular flexibility index (Phi) is 3.24. The molecule has 1 aliphatic carbocycles. The van der Waals surface area contributed by atoms with Gasteiger partial charge in [-0.05, 0) is 45.1 Å². The summed E-state index contributed by atoms with van der Waals surface area (Å²) < 4.78 is 5.41. The highest BCUT2D eigenvalue weighted by Gasteiger charge is 2.42. The van der Waals surface area contributed by atoms with Gasteiger partial charge in [-0.15, -0.1) is 0 Å². The average Bonchev–Trinajstić information content (AvgIpc) is 2.39. The standard InChI is InChI=1S/C15H19N3O/c1-11-9-13(12-3-7-19-8-4-12)18-14(17-11)15(10-16)5-2-6-15/h9,12H,2-8H2,1H3. The number of aryl methyl sites for hydroxylation is 1. The van der Waals surface area contributed by atoms with Gasteiger partial charge in [-0.1, -0.05) is 0 Å². The van der Waals surface area contributed by atoms with E-state index in [1.165, 1.54) is 0 Å². The summed E-state index contributed by atoms with van der Waals surface area (Å²) in [7, 11) is 0. The van der Waals surface area contributed by atoms with Crippen LogP contribution < -0.4 is 0 Å². The van der Waals surface area contributed by atoms with E-state index in [0.29, 0.717) is 5.92 Å². The Hall–Kier alpha value is -1.47. The number of aromatic nitrogens is 2. The van der Waals surface area contributed by atoms with E-state index >= 15 is 0 Å². The molecule has 0 aromatic carbocycles. The third-order valence-corrected chi connectivity index (χ3v) is 4.36. The lowest BCUT2D eigenvalue weighted by molar-refractivity contribution is 0.0843. The summed E-state index contributed by atoms with van der Waals surface area (Å²) in [5, 5.41) is 9.43. The van der Waals surface area contributed by atoms with Crippen LogP contribution in [-0.4, -0.2) is 23.2 Å². The zero-order chi connectivity index (χ0) is 13.3. The second kappa shape index (κ2) is 4.90. The highest BCUT2D eigenvalue weighted by atomic mass is 16.5. The Morgan fingerprint density at radius 3 is 2.63 bits per heavy atom. The smallest absolute Gasteiger partial charge is 0.149 e.